The van der Waals surface area contributed by atoms with Gasteiger partial charge in [-0.1, -0.05) is 42.8 Å². The molecule has 0 saturated heterocycles. The average molecular weight is 251 g/mol. The van der Waals surface area contributed by atoms with Crippen molar-refractivity contribution >= 4 is 5.78 Å². The van der Waals surface area contributed by atoms with E-state index in [1.54, 1.807) is 6.20 Å². The fourth-order valence-corrected chi connectivity index (χ4v) is 3.09. The highest BCUT2D eigenvalue weighted by molar-refractivity contribution is 5.94. The molecule has 0 N–H and O–H groups in total. The van der Waals surface area contributed by atoms with Gasteiger partial charge in [0.05, 0.1) is 11.1 Å². The molecule has 0 spiro atoms. The van der Waals surface area contributed by atoms with Gasteiger partial charge in [0, 0.05) is 12.6 Å². The summed E-state index contributed by atoms with van der Waals surface area (Å²) in [5.74, 6) is 0.309. The standard InChI is InChI=1S/C17H17NO/c19-16-11-4-6-12-17(16,14-8-2-1-3-9-14)15-10-5-7-13-18-15/h1-3,5,7-10,13H,4,6,11-12H2. The molecular formula is C17H17NO. The summed E-state index contributed by atoms with van der Waals surface area (Å²) < 4.78 is 0. The number of benzene rings is 1. The Labute approximate surface area is 113 Å². The molecule has 2 heteroatoms. The van der Waals surface area contributed by atoms with E-state index < -0.39 is 5.41 Å². The highest BCUT2D eigenvalue weighted by Crippen LogP contribution is 2.41. The number of pyridine rings is 1. The Hall–Kier alpha value is -1.96. The van der Waals surface area contributed by atoms with Gasteiger partial charge < -0.3 is 0 Å². The van der Waals surface area contributed by atoms with Gasteiger partial charge in [-0.2, -0.15) is 0 Å². The molecule has 1 saturated carbocycles. The van der Waals surface area contributed by atoms with Gasteiger partial charge in [-0.25, -0.2) is 0 Å². The van der Waals surface area contributed by atoms with E-state index in [9.17, 15) is 4.79 Å². The van der Waals surface area contributed by atoms with Crippen molar-refractivity contribution in [3.8, 4) is 0 Å². The molecule has 2 aromatic rings. The van der Waals surface area contributed by atoms with Crippen LogP contribution in [0.3, 0.4) is 0 Å². The number of aromatic nitrogens is 1. The third-order valence-corrected chi connectivity index (χ3v) is 4.05. The topological polar surface area (TPSA) is 30.0 Å². The zero-order valence-corrected chi connectivity index (χ0v) is 10.9. The number of rotatable bonds is 2. The van der Waals surface area contributed by atoms with Crippen LogP contribution in [-0.4, -0.2) is 10.8 Å². The second-order valence-corrected chi connectivity index (χ2v) is 5.12. The van der Waals surface area contributed by atoms with Crippen LogP contribution in [0.4, 0.5) is 0 Å². The molecule has 0 bridgehead atoms. The minimum Gasteiger partial charge on any atom is -0.298 e. The SMILES string of the molecule is O=C1CCCCC1(c1ccccc1)c1ccccn1. The minimum atomic E-state index is -0.527. The summed E-state index contributed by atoms with van der Waals surface area (Å²) in [5.41, 5.74) is 1.45. The molecule has 0 aliphatic heterocycles. The molecule has 19 heavy (non-hydrogen) atoms. The second-order valence-electron chi connectivity index (χ2n) is 5.12. The number of carbonyl (C=O) groups excluding carboxylic acids is 1. The zero-order chi connectivity index (χ0) is 13.1. The predicted octanol–water partition coefficient (Wildman–Crippen LogP) is 3.51. The van der Waals surface area contributed by atoms with E-state index in [2.05, 4.69) is 17.1 Å². The van der Waals surface area contributed by atoms with Gasteiger partial charge in [0.1, 0.15) is 5.78 Å². The van der Waals surface area contributed by atoms with E-state index in [1.807, 2.05) is 36.4 Å². The number of hydrogen-bond donors (Lipinski definition) is 0. The molecule has 2 nitrogen and oxygen atoms in total. The van der Waals surface area contributed by atoms with E-state index in [0.717, 1.165) is 30.5 Å². The number of nitrogens with zero attached hydrogens (tertiary/aromatic N) is 1. The lowest BCUT2D eigenvalue weighted by Gasteiger charge is -2.35. The van der Waals surface area contributed by atoms with Crippen LogP contribution in [0.1, 0.15) is 36.9 Å². The fraction of sp³-hybridized carbons (Fsp3) is 0.294. The van der Waals surface area contributed by atoms with E-state index in [0.29, 0.717) is 12.2 Å². The zero-order valence-electron chi connectivity index (χ0n) is 10.9. The van der Waals surface area contributed by atoms with Crippen LogP contribution in [-0.2, 0) is 10.2 Å². The number of Topliss-reactive ketones (excluding diaryl/α,β-unsaturated/α-hetero) is 1. The van der Waals surface area contributed by atoms with Crippen molar-refractivity contribution in [2.24, 2.45) is 0 Å². The monoisotopic (exact) mass is 251 g/mol. The Morgan fingerprint density at radius 2 is 1.74 bits per heavy atom. The van der Waals surface area contributed by atoms with Crippen LogP contribution >= 0.6 is 0 Å². The number of hydrogen-bond acceptors (Lipinski definition) is 2. The number of carbonyl (C=O) groups is 1. The minimum absolute atomic E-state index is 0.309. The van der Waals surface area contributed by atoms with Crippen LogP contribution in [0.2, 0.25) is 0 Å². The molecule has 1 unspecified atom stereocenters. The first-order chi connectivity index (χ1) is 9.34. The first kappa shape index (κ1) is 12.1. The fourth-order valence-electron chi connectivity index (χ4n) is 3.09. The summed E-state index contributed by atoms with van der Waals surface area (Å²) in [5, 5.41) is 0. The Morgan fingerprint density at radius 1 is 0.947 bits per heavy atom. The van der Waals surface area contributed by atoms with Crippen molar-refractivity contribution < 1.29 is 4.79 Å². The van der Waals surface area contributed by atoms with Gasteiger partial charge in [-0.05, 0) is 30.5 Å². The van der Waals surface area contributed by atoms with Crippen LogP contribution in [0.5, 0.6) is 0 Å². The molecule has 1 heterocycles. The summed E-state index contributed by atoms with van der Waals surface area (Å²) in [6.45, 7) is 0. The average Bonchev–Trinajstić information content (AvgIpc) is 2.50. The molecule has 1 aliphatic carbocycles. The van der Waals surface area contributed by atoms with Crippen molar-refractivity contribution in [2.45, 2.75) is 31.1 Å². The molecule has 0 radical (unpaired) electrons. The second kappa shape index (κ2) is 4.96. The maximum absolute atomic E-state index is 12.7. The lowest BCUT2D eigenvalue weighted by atomic mass is 9.66. The number of ketones is 1. The summed E-state index contributed by atoms with van der Waals surface area (Å²) in [6, 6.07) is 15.9. The Balaban J connectivity index is 2.19. The van der Waals surface area contributed by atoms with Gasteiger partial charge in [0.15, 0.2) is 0 Å². The molecular weight excluding hydrogens is 234 g/mol. The van der Waals surface area contributed by atoms with Gasteiger partial charge in [0.25, 0.3) is 0 Å². The molecule has 1 aromatic heterocycles. The Bertz CT molecular complexity index is 523. The van der Waals surface area contributed by atoms with E-state index in [4.69, 9.17) is 0 Å². The van der Waals surface area contributed by atoms with Gasteiger partial charge in [-0.3, -0.25) is 9.78 Å². The van der Waals surface area contributed by atoms with Crippen molar-refractivity contribution in [3.63, 3.8) is 0 Å². The predicted molar refractivity (Wildman–Crippen MR) is 74.9 cm³/mol. The van der Waals surface area contributed by atoms with Crippen LogP contribution in [0, 0.1) is 0 Å². The van der Waals surface area contributed by atoms with Gasteiger partial charge in [0.2, 0.25) is 0 Å². The van der Waals surface area contributed by atoms with Crippen LogP contribution < -0.4 is 0 Å². The van der Waals surface area contributed by atoms with Crippen molar-refractivity contribution in [1.29, 1.82) is 0 Å². The lowest BCUT2D eigenvalue weighted by molar-refractivity contribution is -0.125. The molecule has 1 aromatic carbocycles. The molecule has 1 aliphatic rings. The lowest BCUT2D eigenvalue weighted by Crippen LogP contribution is -2.40. The van der Waals surface area contributed by atoms with Crippen LogP contribution in [0.25, 0.3) is 0 Å². The Morgan fingerprint density at radius 3 is 2.42 bits per heavy atom. The highest BCUT2D eigenvalue weighted by atomic mass is 16.1. The quantitative estimate of drug-likeness (QED) is 0.817. The summed E-state index contributed by atoms with van der Waals surface area (Å²) in [4.78, 5) is 17.2. The third kappa shape index (κ3) is 1.97. The molecule has 96 valence electrons. The maximum atomic E-state index is 12.7. The molecule has 1 fully saturated rings. The smallest absolute Gasteiger partial charge is 0.149 e. The molecule has 1 atom stereocenters. The Kier molecular flexibility index (Phi) is 3.16. The van der Waals surface area contributed by atoms with Crippen LogP contribution in [0.15, 0.2) is 54.7 Å². The first-order valence-electron chi connectivity index (χ1n) is 6.84. The van der Waals surface area contributed by atoms with E-state index >= 15 is 0 Å². The summed E-state index contributed by atoms with van der Waals surface area (Å²) >= 11 is 0. The highest BCUT2D eigenvalue weighted by Gasteiger charge is 2.43. The first-order valence-corrected chi connectivity index (χ1v) is 6.84. The van der Waals surface area contributed by atoms with Crippen molar-refractivity contribution in [2.75, 3.05) is 0 Å². The van der Waals surface area contributed by atoms with Crippen molar-refractivity contribution in [3.05, 3.63) is 66.0 Å². The third-order valence-electron chi connectivity index (χ3n) is 4.05. The molecule has 3 rings (SSSR count). The van der Waals surface area contributed by atoms with Gasteiger partial charge in [-0.15, -0.1) is 0 Å². The largest absolute Gasteiger partial charge is 0.298 e. The summed E-state index contributed by atoms with van der Waals surface area (Å²) in [6.07, 6.45) is 5.39. The van der Waals surface area contributed by atoms with E-state index in [-0.39, 0.29) is 0 Å². The summed E-state index contributed by atoms with van der Waals surface area (Å²) in [7, 11) is 0. The van der Waals surface area contributed by atoms with Gasteiger partial charge >= 0.3 is 0 Å². The molecule has 0 amide bonds. The normalized spacial score (nSPS) is 23.3. The maximum Gasteiger partial charge on any atom is 0.149 e. The van der Waals surface area contributed by atoms with Crippen molar-refractivity contribution in [1.82, 2.24) is 4.98 Å². The van der Waals surface area contributed by atoms with E-state index in [1.165, 1.54) is 0 Å².